The fraction of sp³-hybridized carbons (Fsp3) is 0.917. The molecule has 16 heavy (non-hydrogen) atoms. The summed E-state index contributed by atoms with van der Waals surface area (Å²) in [6.07, 6.45) is 0. The van der Waals surface area contributed by atoms with Gasteiger partial charge in [-0.2, -0.15) is 0 Å². The lowest BCUT2D eigenvalue weighted by Gasteiger charge is -2.44. The molecule has 94 valence electrons. The Morgan fingerprint density at radius 3 is 2.38 bits per heavy atom. The number of rotatable bonds is 2. The van der Waals surface area contributed by atoms with Crippen molar-refractivity contribution in [3.63, 3.8) is 0 Å². The van der Waals surface area contributed by atoms with Gasteiger partial charge in [0.15, 0.2) is 0 Å². The molecule has 1 aliphatic rings. The monoisotopic (exact) mass is 228 g/mol. The molecule has 2 N–H and O–H groups in total. The van der Waals surface area contributed by atoms with E-state index < -0.39 is 11.0 Å². The maximum atomic E-state index is 12.5. The van der Waals surface area contributed by atoms with E-state index in [0.29, 0.717) is 19.8 Å². The number of hydrogen-bond acceptors (Lipinski definition) is 3. The van der Waals surface area contributed by atoms with E-state index in [1.54, 1.807) is 0 Å². The van der Waals surface area contributed by atoms with Crippen LogP contribution >= 0.6 is 0 Å². The molecule has 0 unspecified atom stereocenters. The zero-order valence-corrected chi connectivity index (χ0v) is 11.0. The van der Waals surface area contributed by atoms with Crippen LogP contribution in [0, 0.1) is 5.41 Å². The number of carbonyl (C=O) groups excluding carboxylic acids is 1. The van der Waals surface area contributed by atoms with E-state index in [2.05, 4.69) is 0 Å². The van der Waals surface area contributed by atoms with Gasteiger partial charge >= 0.3 is 0 Å². The van der Waals surface area contributed by atoms with Crippen molar-refractivity contribution in [2.75, 3.05) is 19.8 Å². The van der Waals surface area contributed by atoms with Gasteiger partial charge in [-0.05, 0) is 34.6 Å². The third-order valence-corrected chi connectivity index (χ3v) is 3.77. The third-order valence-electron chi connectivity index (χ3n) is 3.77. The molecular formula is C12H24N2O2. The second-order valence-electron chi connectivity index (χ2n) is 5.77. The molecule has 0 radical (unpaired) electrons. The van der Waals surface area contributed by atoms with Crippen molar-refractivity contribution in [1.29, 1.82) is 0 Å². The van der Waals surface area contributed by atoms with Crippen LogP contribution in [0.5, 0.6) is 0 Å². The van der Waals surface area contributed by atoms with E-state index in [1.165, 1.54) is 0 Å². The van der Waals surface area contributed by atoms with E-state index >= 15 is 0 Å². The number of amides is 1. The average molecular weight is 228 g/mol. The number of morpholine rings is 1. The summed E-state index contributed by atoms with van der Waals surface area (Å²) >= 11 is 0. The van der Waals surface area contributed by atoms with Crippen molar-refractivity contribution >= 4 is 5.91 Å². The lowest BCUT2D eigenvalue weighted by atomic mass is 9.74. The lowest BCUT2D eigenvalue weighted by molar-refractivity contribution is -0.151. The van der Waals surface area contributed by atoms with Crippen LogP contribution in [0.15, 0.2) is 0 Å². The molecule has 0 aromatic carbocycles. The maximum absolute atomic E-state index is 12.5. The minimum atomic E-state index is -0.557. The maximum Gasteiger partial charge on any atom is 0.230 e. The molecule has 0 saturated carbocycles. The molecule has 1 amide bonds. The van der Waals surface area contributed by atoms with Gasteiger partial charge in [-0.3, -0.25) is 4.79 Å². The smallest absolute Gasteiger partial charge is 0.230 e. The van der Waals surface area contributed by atoms with Gasteiger partial charge in [-0.25, -0.2) is 0 Å². The fourth-order valence-corrected chi connectivity index (χ4v) is 1.66. The molecule has 0 spiro atoms. The van der Waals surface area contributed by atoms with Crippen LogP contribution in [0.1, 0.15) is 34.6 Å². The van der Waals surface area contributed by atoms with Crippen molar-refractivity contribution in [2.45, 2.75) is 46.2 Å². The molecule has 4 heteroatoms. The summed E-state index contributed by atoms with van der Waals surface area (Å²) in [6.45, 7) is 11.5. The predicted octanol–water partition coefficient (Wildman–Crippen LogP) is 0.997. The zero-order valence-electron chi connectivity index (χ0n) is 11.0. The molecular weight excluding hydrogens is 204 g/mol. The molecule has 1 heterocycles. The topological polar surface area (TPSA) is 55.6 Å². The van der Waals surface area contributed by atoms with E-state index in [1.807, 2.05) is 39.5 Å². The van der Waals surface area contributed by atoms with Crippen molar-refractivity contribution in [3.8, 4) is 0 Å². The SMILES string of the molecule is C[C@@H]1COCCN1C(=O)C(C)(C)C(C)(C)N. The summed E-state index contributed by atoms with van der Waals surface area (Å²) in [6, 6.07) is 0.142. The first-order valence-electron chi connectivity index (χ1n) is 5.85. The molecule has 0 aliphatic carbocycles. The van der Waals surface area contributed by atoms with Gasteiger partial charge in [0.1, 0.15) is 0 Å². The first kappa shape index (κ1) is 13.5. The molecule has 1 atom stereocenters. The quantitative estimate of drug-likeness (QED) is 0.767. The second-order valence-corrected chi connectivity index (χ2v) is 5.77. The number of nitrogens with two attached hydrogens (primary N) is 1. The summed E-state index contributed by atoms with van der Waals surface area (Å²) in [5.41, 5.74) is 5.00. The highest BCUT2D eigenvalue weighted by Crippen LogP contribution is 2.31. The molecule has 1 aliphatic heterocycles. The largest absolute Gasteiger partial charge is 0.377 e. The molecule has 1 rings (SSSR count). The summed E-state index contributed by atoms with van der Waals surface area (Å²) in [4.78, 5) is 14.4. The Hall–Kier alpha value is -0.610. The Balaban J connectivity index is 2.84. The minimum Gasteiger partial charge on any atom is -0.377 e. The average Bonchev–Trinajstić information content (AvgIpc) is 2.15. The van der Waals surface area contributed by atoms with Gasteiger partial charge < -0.3 is 15.4 Å². The third kappa shape index (κ3) is 2.38. The van der Waals surface area contributed by atoms with Crippen LogP contribution in [0.3, 0.4) is 0 Å². The van der Waals surface area contributed by atoms with E-state index in [0.717, 1.165) is 0 Å². The van der Waals surface area contributed by atoms with Gasteiger partial charge in [-0.15, -0.1) is 0 Å². The number of nitrogens with zero attached hydrogens (tertiary/aromatic N) is 1. The van der Waals surface area contributed by atoms with Crippen LogP contribution in [0.25, 0.3) is 0 Å². The van der Waals surface area contributed by atoms with E-state index in [-0.39, 0.29) is 11.9 Å². The summed E-state index contributed by atoms with van der Waals surface area (Å²) in [7, 11) is 0. The van der Waals surface area contributed by atoms with Crippen molar-refractivity contribution in [2.24, 2.45) is 11.1 Å². The molecule has 1 fully saturated rings. The zero-order chi connectivity index (χ0) is 12.6. The Labute approximate surface area is 98.1 Å². The van der Waals surface area contributed by atoms with Gasteiger partial charge in [0.25, 0.3) is 0 Å². The van der Waals surface area contributed by atoms with Crippen LogP contribution in [-0.2, 0) is 9.53 Å². The van der Waals surface area contributed by atoms with Crippen LogP contribution < -0.4 is 5.73 Å². The molecule has 0 aromatic heterocycles. The molecule has 4 nitrogen and oxygen atoms in total. The second kappa shape index (κ2) is 4.34. The van der Waals surface area contributed by atoms with E-state index in [4.69, 9.17) is 10.5 Å². The predicted molar refractivity (Wildman–Crippen MR) is 64.0 cm³/mol. The number of carbonyl (C=O) groups is 1. The molecule has 1 saturated heterocycles. The van der Waals surface area contributed by atoms with Gasteiger partial charge in [0.2, 0.25) is 5.91 Å². The van der Waals surface area contributed by atoms with Crippen molar-refractivity contribution in [3.05, 3.63) is 0 Å². The highest BCUT2D eigenvalue weighted by Gasteiger charge is 2.44. The summed E-state index contributed by atoms with van der Waals surface area (Å²) in [5, 5.41) is 0. The van der Waals surface area contributed by atoms with Crippen molar-refractivity contribution < 1.29 is 9.53 Å². The van der Waals surface area contributed by atoms with Gasteiger partial charge in [0, 0.05) is 12.1 Å². The highest BCUT2D eigenvalue weighted by molar-refractivity contribution is 5.83. The Morgan fingerprint density at radius 1 is 1.38 bits per heavy atom. The fourth-order valence-electron chi connectivity index (χ4n) is 1.66. The van der Waals surface area contributed by atoms with E-state index in [9.17, 15) is 4.79 Å². The Bertz CT molecular complexity index is 269. The molecule has 0 bridgehead atoms. The molecule has 0 aromatic rings. The van der Waals surface area contributed by atoms with Gasteiger partial charge in [0.05, 0.1) is 24.7 Å². The number of hydrogen-bond donors (Lipinski definition) is 1. The first-order valence-corrected chi connectivity index (χ1v) is 5.85. The standard InChI is InChI=1S/C12H24N2O2/c1-9-8-16-7-6-14(9)10(15)11(2,3)12(4,5)13/h9H,6-8,13H2,1-5H3/t9-/m1/s1. The van der Waals surface area contributed by atoms with Crippen molar-refractivity contribution in [1.82, 2.24) is 4.90 Å². The van der Waals surface area contributed by atoms with Crippen LogP contribution in [-0.4, -0.2) is 42.1 Å². The van der Waals surface area contributed by atoms with Gasteiger partial charge in [-0.1, -0.05) is 0 Å². The van der Waals surface area contributed by atoms with Crippen LogP contribution in [0.4, 0.5) is 0 Å². The Morgan fingerprint density at radius 2 is 1.94 bits per heavy atom. The summed E-state index contributed by atoms with van der Waals surface area (Å²) in [5.74, 6) is 0.121. The highest BCUT2D eigenvalue weighted by atomic mass is 16.5. The summed E-state index contributed by atoms with van der Waals surface area (Å²) < 4.78 is 5.34. The lowest BCUT2D eigenvalue weighted by Crippen LogP contribution is -2.60. The first-order chi connectivity index (χ1) is 7.18. The minimum absolute atomic E-state index is 0.121. The van der Waals surface area contributed by atoms with Crippen LogP contribution in [0.2, 0.25) is 0 Å². The normalized spacial score (nSPS) is 23.4. The number of ether oxygens (including phenoxy) is 1. The Kier molecular flexibility index (Phi) is 3.65.